The van der Waals surface area contributed by atoms with E-state index in [2.05, 4.69) is 46.3 Å². The highest BCUT2D eigenvalue weighted by molar-refractivity contribution is 9.10. The lowest BCUT2D eigenvalue weighted by molar-refractivity contribution is 0.747. The fraction of sp³-hybridized carbons (Fsp3) is 0.286. The molecule has 1 heteroatoms. The summed E-state index contributed by atoms with van der Waals surface area (Å²) >= 11 is 3.43. The molecule has 0 saturated heterocycles. The molecule has 0 aromatic heterocycles. The molecule has 0 aliphatic heterocycles. The van der Waals surface area contributed by atoms with Crippen LogP contribution >= 0.6 is 15.9 Å². The van der Waals surface area contributed by atoms with Crippen molar-refractivity contribution in [1.29, 1.82) is 0 Å². The van der Waals surface area contributed by atoms with Crippen molar-refractivity contribution in [3.05, 3.63) is 59.1 Å². The van der Waals surface area contributed by atoms with Gasteiger partial charge in [0.25, 0.3) is 0 Å². The van der Waals surface area contributed by atoms with Crippen LogP contribution in [0.25, 0.3) is 0 Å². The first-order valence-electron chi connectivity index (χ1n) is 5.27. The molecular weight excluding hydrogens is 248 g/mol. The zero-order valence-corrected chi connectivity index (χ0v) is 10.4. The molecule has 1 rings (SSSR count). The van der Waals surface area contributed by atoms with Crippen molar-refractivity contribution in [3.8, 4) is 0 Å². The maximum atomic E-state index is 5.23. The normalized spacial score (nSPS) is 10.7. The molecule has 15 heavy (non-hydrogen) atoms. The van der Waals surface area contributed by atoms with E-state index in [1.165, 1.54) is 18.4 Å². The van der Waals surface area contributed by atoms with Gasteiger partial charge in [-0.25, -0.2) is 0 Å². The van der Waals surface area contributed by atoms with Crippen molar-refractivity contribution in [2.45, 2.75) is 25.7 Å². The second-order valence-electron chi connectivity index (χ2n) is 3.49. The lowest BCUT2D eigenvalue weighted by Gasteiger charge is -2.00. The monoisotopic (exact) mass is 263 g/mol. The minimum Gasteiger partial charge on any atom is -0.0845 e. The topological polar surface area (TPSA) is 0 Å². The molecule has 0 saturated carbocycles. The van der Waals surface area contributed by atoms with Gasteiger partial charge >= 0.3 is 0 Å². The SMILES string of the molecule is [CH]=C/C=C/CCCCc1ccc(Br)cc1. The van der Waals surface area contributed by atoms with E-state index in [1.54, 1.807) is 6.08 Å². The van der Waals surface area contributed by atoms with E-state index in [1.807, 2.05) is 6.08 Å². The standard InChI is InChI=1S/C14H16Br/c1-2-3-4-5-6-7-8-13-9-11-14(15)12-10-13/h1-4,9-12H,5-8H2/b2-1?,4-3+. The highest BCUT2D eigenvalue weighted by Gasteiger charge is 1.92. The number of hydrogen-bond donors (Lipinski definition) is 0. The van der Waals surface area contributed by atoms with Crippen LogP contribution in [0, 0.1) is 6.58 Å². The molecule has 0 spiro atoms. The Hall–Kier alpha value is -0.820. The van der Waals surface area contributed by atoms with Gasteiger partial charge < -0.3 is 0 Å². The first kappa shape index (κ1) is 12.3. The first-order chi connectivity index (χ1) is 7.33. The summed E-state index contributed by atoms with van der Waals surface area (Å²) in [5, 5.41) is 0. The van der Waals surface area contributed by atoms with E-state index in [4.69, 9.17) is 6.58 Å². The van der Waals surface area contributed by atoms with E-state index in [0.717, 1.165) is 17.3 Å². The predicted octanol–water partition coefficient (Wildman–Crippen LogP) is 4.71. The molecule has 1 radical (unpaired) electrons. The van der Waals surface area contributed by atoms with Gasteiger partial charge in [0.1, 0.15) is 0 Å². The second-order valence-corrected chi connectivity index (χ2v) is 4.41. The van der Waals surface area contributed by atoms with Crippen molar-refractivity contribution < 1.29 is 0 Å². The maximum Gasteiger partial charge on any atom is 0.0175 e. The Morgan fingerprint density at radius 1 is 1.13 bits per heavy atom. The van der Waals surface area contributed by atoms with Crippen LogP contribution in [0.5, 0.6) is 0 Å². The molecule has 0 fully saturated rings. The number of halogens is 1. The summed E-state index contributed by atoms with van der Waals surface area (Å²) in [6.07, 6.45) is 10.3. The summed E-state index contributed by atoms with van der Waals surface area (Å²) in [7, 11) is 0. The summed E-state index contributed by atoms with van der Waals surface area (Å²) in [5.41, 5.74) is 1.41. The number of unbranched alkanes of at least 4 members (excludes halogenated alkanes) is 2. The smallest absolute Gasteiger partial charge is 0.0175 e. The van der Waals surface area contributed by atoms with Crippen LogP contribution in [0.2, 0.25) is 0 Å². The Morgan fingerprint density at radius 2 is 1.87 bits per heavy atom. The van der Waals surface area contributed by atoms with Crippen LogP contribution in [-0.4, -0.2) is 0 Å². The van der Waals surface area contributed by atoms with Gasteiger partial charge in [0.15, 0.2) is 0 Å². The third-order valence-corrected chi connectivity index (χ3v) is 2.78. The highest BCUT2D eigenvalue weighted by atomic mass is 79.9. The second kappa shape index (κ2) is 7.47. The lowest BCUT2D eigenvalue weighted by atomic mass is 10.1. The van der Waals surface area contributed by atoms with Gasteiger partial charge in [0.05, 0.1) is 0 Å². The lowest BCUT2D eigenvalue weighted by Crippen LogP contribution is -1.84. The van der Waals surface area contributed by atoms with Gasteiger partial charge in [-0.3, -0.25) is 0 Å². The Balaban J connectivity index is 2.17. The van der Waals surface area contributed by atoms with Crippen molar-refractivity contribution in [1.82, 2.24) is 0 Å². The highest BCUT2D eigenvalue weighted by Crippen LogP contribution is 2.12. The first-order valence-corrected chi connectivity index (χ1v) is 6.07. The van der Waals surface area contributed by atoms with E-state index < -0.39 is 0 Å². The van der Waals surface area contributed by atoms with Crippen molar-refractivity contribution >= 4 is 15.9 Å². The molecule has 1 aromatic carbocycles. The molecule has 0 aliphatic rings. The van der Waals surface area contributed by atoms with Crippen molar-refractivity contribution in [3.63, 3.8) is 0 Å². The molecular formula is C14H16Br. The van der Waals surface area contributed by atoms with Crippen LogP contribution < -0.4 is 0 Å². The number of benzene rings is 1. The largest absolute Gasteiger partial charge is 0.0845 e. The minimum absolute atomic E-state index is 1.12. The predicted molar refractivity (Wildman–Crippen MR) is 69.7 cm³/mol. The average Bonchev–Trinajstić information content (AvgIpc) is 2.26. The van der Waals surface area contributed by atoms with E-state index in [0.29, 0.717) is 0 Å². The Labute approximate surface area is 101 Å². The Morgan fingerprint density at radius 3 is 2.53 bits per heavy atom. The number of aryl methyl sites for hydroxylation is 1. The van der Waals surface area contributed by atoms with Gasteiger partial charge in [0, 0.05) is 4.47 Å². The fourth-order valence-electron chi connectivity index (χ4n) is 1.42. The molecule has 79 valence electrons. The average molecular weight is 264 g/mol. The van der Waals surface area contributed by atoms with E-state index >= 15 is 0 Å². The van der Waals surface area contributed by atoms with Crippen LogP contribution in [0.1, 0.15) is 24.8 Å². The van der Waals surface area contributed by atoms with Crippen molar-refractivity contribution in [2.75, 3.05) is 0 Å². The summed E-state index contributed by atoms with van der Waals surface area (Å²) in [6.45, 7) is 5.23. The van der Waals surface area contributed by atoms with Crippen LogP contribution in [-0.2, 0) is 6.42 Å². The molecule has 0 nitrogen and oxygen atoms in total. The van der Waals surface area contributed by atoms with Gasteiger partial charge in [-0.15, -0.1) is 0 Å². The maximum absolute atomic E-state index is 5.23. The summed E-state index contributed by atoms with van der Waals surface area (Å²) in [5.74, 6) is 0. The molecule has 0 heterocycles. The van der Waals surface area contributed by atoms with Gasteiger partial charge in [-0.1, -0.05) is 52.9 Å². The van der Waals surface area contributed by atoms with Gasteiger partial charge in [-0.2, -0.15) is 0 Å². The van der Waals surface area contributed by atoms with E-state index in [-0.39, 0.29) is 0 Å². The van der Waals surface area contributed by atoms with Crippen molar-refractivity contribution in [2.24, 2.45) is 0 Å². The molecule has 0 bridgehead atoms. The molecule has 0 atom stereocenters. The zero-order chi connectivity index (χ0) is 10.9. The molecule has 0 amide bonds. The Bertz CT molecular complexity index is 309. The van der Waals surface area contributed by atoms with E-state index in [9.17, 15) is 0 Å². The third-order valence-electron chi connectivity index (χ3n) is 2.25. The quantitative estimate of drug-likeness (QED) is 0.515. The minimum atomic E-state index is 1.12. The number of hydrogen-bond acceptors (Lipinski definition) is 0. The van der Waals surface area contributed by atoms with Gasteiger partial charge in [0.2, 0.25) is 0 Å². The summed E-state index contributed by atoms with van der Waals surface area (Å²) in [6, 6.07) is 8.54. The number of allylic oxidation sites excluding steroid dienone is 3. The fourth-order valence-corrected chi connectivity index (χ4v) is 1.68. The Kier molecular flexibility index (Phi) is 6.10. The van der Waals surface area contributed by atoms with Gasteiger partial charge in [-0.05, 0) is 43.4 Å². The molecule has 0 aliphatic carbocycles. The van der Waals surface area contributed by atoms with Crippen LogP contribution in [0.15, 0.2) is 47.0 Å². The number of rotatable bonds is 6. The molecule has 1 aromatic rings. The molecule has 0 N–H and O–H groups in total. The van der Waals surface area contributed by atoms with Crippen LogP contribution in [0.4, 0.5) is 0 Å². The third kappa shape index (κ3) is 5.58. The summed E-state index contributed by atoms with van der Waals surface area (Å²) < 4.78 is 1.15. The summed E-state index contributed by atoms with van der Waals surface area (Å²) in [4.78, 5) is 0. The zero-order valence-electron chi connectivity index (χ0n) is 8.83. The molecule has 0 unspecified atom stereocenters. The van der Waals surface area contributed by atoms with Crippen LogP contribution in [0.3, 0.4) is 0 Å².